The Morgan fingerprint density at radius 1 is 1.00 bits per heavy atom. The van der Waals surface area contributed by atoms with Crippen molar-refractivity contribution in [2.75, 3.05) is 10.8 Å². The van der Waals surface area contributed by atoms with Gasteiger partial charge in [0.1, 0.15) is 6.54 Å². The maximum atomic E-state index is 13.2. The lowest BCUT2D eigenvalue weighted by atomic mass is 9.95. The fourth-order valence-corrected chi connectivity index (χ4v) is 5.09. The second-order valence-corrected chi connectivity index (χ2v) is 9.81. The van der Waals surface area contributed by atoms with Crippen molar-refractivity contribution in [3.8, 4) is 0 Å². The van der Waals surface area contributed by atoms with E-state index in [2.05, 4.69) is 27.9 Å². The van der Waals surface area contributed by atoms with Gasteiger partial charge < -0.3 is 5.32 Å². The molecule has 0 aromatic heterocycles. The first-order valence-corrected chi connectivity index (χ1v) is 11.6. The van der Waals surface area contributed by atoms with Crippen molar-refractivity contribution in [2.24, 2.45) is 0 Å². The molecule has 5 nitrogen and oxygen atoms in total. The molecule has 0 heterocycles. The van der Waals surface area contributed by atoms with E-state index >= 15 is 0 Å². The maximum absolute atomic E-state index is 13.2. The monoisotopic (exact) mass is 498 g/mol. The van der Waals surface area contributed by atoms with Crippen molar-refractivity contribution >= 4 is 44.2 Å². The number of rotatable bonds is 6. The van der Waals surface area contributed by atoms with Gasteiger partial charge in [0.15, 0.2) is 0 Å². The molecule has 0 aliphatic heterocycles. The third kappa shape index (κ3) is 5.22. The molecule has 3 rings (SSSR count). The van der Waals surface area contributed by atoms with Gasteiger partial charge in [-0.05, 0) is 71.8 Å². The third-order valence-electron chi connectivity index (χ3n) is 4.70. The highest BCUT2D eigenvalue weighted by molar-refractivity contribution is 14.1. The molecule has 2 aromatic carbocycles. The quantitative estimate of drug-likeness (QED) is 0.614. The molecule has 0 bridgehead atoms. The molecule has 144 valence electrons. The molecular weight excluding hydrogens is 475 g/mol. The summed E-state index contributed by atoms with van der Waals surface area (Å²) in [6.07, 6.45) is 5.33. The number of amides is 1. The Morgan fingerprint density at radius 3 is 2.26 bits per heavy atom. The topological polar surface area (TPSA) is 66.5 Å². The Morgan fingerprint density at radius 2 is 1.63 bits per heavy atom. The zero-order valence-electron chi connectivity index (χ0n) is 15.0. The smallest absolute Gasteiger partial charge is 0.264 e. The molecule has 1 N–H and O–H groups in total. The first-order valence-electron chi connectivity index (χ1n) is 9.09. The number of hydrogen-bond donors (Lipinski definition) is 1. The lowest BCUT2D eigenvalue weighted by molar-refractivity contribution is -0.120. The van der Waals surface area contributed by atoms with Gasteiger partial charge in [0.05, 0.1) is 10.6 Å². The van der Waals surface area contributed by atoms with E-state index < -0.39 is 10.0 Å². The number of anilines is 1. The molecule has 27 heavy (non-hydrogen) atoms. The summed E-state index contributed by atoms with van der Waals surface area (Å²) >= 11 is 2.17. The Hall–Kier alpha value is -1.61. The van der Waals surface area contributed by atoms with E-state index in [4.69, 9.17) is 0 Å². The molecule has 0 atom stereocenters. The Balaban J connectivity index is 1.86. The zero-order valence-corrected chi connectivity index (χ0v) is 17.9. The van der Waals surface area contributed by atoms with Crippen LogP contribution in [0.1, 0.15) is 32.1 Å². The molecule has 0 unspecified atom stereocenters. The van der Waals surface area contributed by atoms with Gasteiger partial charge in [-0.25, -0.2) is 8.42 Å². The highest BCUT2D eigenvalue weighted by atomic mass is 127. The van der Waals surface area contributed by atoms with Crippen LogP contribution in [0.4, 0.5) is 5.69 Å². The van der Waals surface area contributed by atoms with Crippen molar-refractivity contribution < 1.29 is 13.2 Å². The van der Waals surface area contributed by atoms with Crippen molar-refractivity contribution in [1.82, 2.24) is 5.32 Å². The van der Waals surface area contributed by atoms with E-state index in [-0.39, 0.29) is 23.4 Å². The minimum Gasteiger partial charge on any atom is -0.352 e. The third-order valence-corrected chi connectivity index (χ3v) is 7.21. The minimum absolute atomic E-state index is 0.143. The van der Waals surface area contributed by atoms with E-state index in [1.54, 1.807) is 42.5 Å². The van der Waals surface area contributed by atoms with Crippen molar-refractivity contribution in [3.63, 3.8) is 0 Å². The lowest BCUT2D eigenvalue weighted by Gasteiger charge is -2.27. The number of carbonyl (C=O) groups excluding carboxylic acids is 1. The number of sulfonamides is 1. The molecule has 1 fully saturated rings. The molecular formula is C20H23IN2O3S. The molecule has 1 aliphatic carbocycles. The Bertz CT molecular complexity index is 864. The number of nitrogens with one attached hydrogen (secondary N) is 1. The van der Waals surface area contributed by atoms with Crippen LogP contribution in [0.3, 0.4) is 0 Å². The van der Waals surface area contributed by atoms with Gasteiger partial charge in [-0.3, -0.25) is 9.10 Å². The zero-order chi connectivity index (χ0) is 19.3. The summed E-state index contributed by atoms with van der Waals surface area (Å²) in [6, 6.07) is 15.5. The maximum Gasteiger partial charge on any atom is 0.264 e. The first-order chi connectivity index (χ1) is 13.0. The van der Waals surface area contributed by atoms with E-state index in [0.29, 0.717) is 5.69 Å². The van der Waals surface area contributed by atoms with Gasteiger partial charge >= 0.3 is 0 Å². The number of benzene rings is 2. The summed E-state index contributed by atoms with van der Waals surface area (Å²) in [6.45, 7) is -0.228. The van der Waals surface area contributed by atoms with Crippen LogP contribution in [0.5, 0.6) is 0 Å². The van der Waals surface area contributed by atoms with Crippen LogP contribution in [0, 0.1) is 3.57 Å². The highest BCUT2D eigenvalue weighted by Gasteiger charge is 2.28. The van der Waals surface area contributed by atoms with Gasteiger partial charge in [-0.15, -0.1) is 0 Å². The van der Waals surface area contributed by atoms with Crippen LogP contribution < -0.4 is 9.62 Å². The molecule has 0 spiro atoms. The number of hydrogen-bond acceptors (Lipinski definition) is 3. The summed E-state index contributed by atoms with van der Waals surface area (Å²) in [4.78, 5) is 12.8. The van der Waals surface area contributed by atoms with Crippen molar-refractivity contribution in [2.45, 2.75) is 43.0 Å². The SMILES string of the molecule is O=C(CN(c1ccc(I)cc1)S(=O)(=O)c1ccccc1)NC1CCCCC1. The van der Waals surface area contributed by atoms with E-state index in [0.717, 1.165) is 29.3 Å². The fourth-order valence-electron chi connectivity index (χ4n) is 3.29. The van der Waals surface area contributed by atoms with Crippen LogP contribution >= 0.6 is 22.6 Å². The number of halogens is 1. The second-order valence-electron chi connectivity index (χ2n) is 6.70. The lowest BCUT2D eigenvalue weighted by Crippen LogP contribution is -2.44. The van der Waals surface area contributed by atoms with Crippen LogP contribution in [-0.2, 0) is 14.8 Å². The van der Waals surface area contributed by atoms with Crippen LogP contribution in [-0.4, -0.2) is 26.9 Å². The van der Waals surface area contributed by atoms with Gasteiger partial charge in [-0.2, -0.15) is 0 Å². The number of carbonyl (C=O) groups is 1. The van der Waals surface area contributed by atoms with Crippen molar-refractivity contribution in [1.29, 1.82) is 0 Å². The van der Waals surface area contributed by atoms with E-state index in [9.17, 15) is 13.2 Å². The molecule has 1 saturated carbocycles. The fraction of sp³-hybridized carbons (Fsp3) is 0.350. The van der Waals surface area contributed by atoms with E-state index in [1.165, 1.54) is 10.7 Å². The predicted octanol–water partition coefficient (Wildman–Crippen LogP) is 3.94. The Labute approximate surface area is 174 Å². The summed E-state index contributed by atoms with van der Waals surface area (Å²) in [5.74, 6) is -0.264. The van der Waals surface area contributed by atoms with Crippen LogP contribution in [0.25, 0.3) is 0 Å². The van der Waals surface area contributed by atoms with Crippen molar-refractivity contribution in [3.05, 3.63) is 58.2 Å². The molecule has 0 radical (unpaired) electrons. The molecule has 1 amide bonds. The normalized spacial score (nSPS) is 15.3. The molecule has 2 aromatic rings. The Kier molecular flexibility index (Phi) is 6.75. The number of nitrogens with zero attached hydrogens (tertiary/aromatic N) is 1. The average Bonchev–Trinajstić information content (AvgIpc) is 2.68. The summed E-state index contributed by atoms with van der Waals surface area (Å²) < 4.78 is 28.6. The first kappa shape index (κ1) is 20.1. The van der Waals surface area contributed by atoms with Gasteiger partial charge in [-0.1, -0.05) is 37.5 Å². The van der Waals surface area contributed by atoms with Gasteiger partial charge in [0.2, 0.25) is 5.91 Å². The molecule has 1 aliphatic rings. The average molecular weight is 498 g/mol. The largest absolute Gasteiger partial charge is 0.352 e. The van der Waals surface area contributed by atoms with Crippen LogP contribution in [0.2, 0.25) is 0 Å². The summed E-state index contributed by atoms with van der Waals surface area (Å²) in [5.41, 5.74) is 0.484. The van der Waals surface area contributed by atoms with E-state index in [1.807, 2.05) is 12.1 Å². The summed E-state index contributed by atoms with van der Waals surface area (Å²) in [5, 5.41) is 3.01. The predicted molar refractivity (Wildman–Crippen MR) is 115 cm³/mol. The highest BCUT2D eigenvalue weighted by Crippen LogP contribution is 2.24. The van der Waals surface area contributed by atoms with Crippen LogP contribution in [0.15, 0.2) is 59.5 Å². The minimum atomic E-state index is -3.83. The standard InChI is InChI=1S/C20H23IN2O3S/c21-16-11-13-18(14-12-16)23(27(25,26)19-9-5-2-6-10-19)15-20(24)22-17-7-3-1-4-8-17/h2,5-6,9-14,17H,1,3-4,7-8,15H2,(H,22,24). The second kappa shape index (κ2) is 9.05. The summed E-state index contributed by atoms with van der Waals surface area (Å²) in [7, 11) is -3.83. The molecule has 7 heteroatoms. The van der Waals surface area contributed by atoms with Gasteiger partial charge in [0, 0.05) is 9.61 Å². The van der Waals surface area contributed by atoms with Gasteiger partial charge in [0.25, 0.3) is 10.0 Å². The molecule has 0 saturated heterocycles.